The van der Waals surface area contributed by atoms with E-state index in [2.05, 4.69) is 0 Å². The molecule has 0 aromatic rings. The highest BCUT2D eigenvalue weighted by atomic mass is 35.5. The highest BCUT2D eigenvalue weighted by molar-refractivity contribution is 7.94. The van der Waals surface area contributed by atoms with Gasteiger partial charge in [-0.15, -0.1) is 0 Å². The van der Waals surface area contributed by atoms with Crippen LogP contribution in [0, 0.1) is 10.1 Å². The molecular formula is C4H4ClNO4S. The molecular weight excluding hydrogens is 194 g/mol. The maximum atomic E-state index is 10.7. The van der Waals surface area contributed by atoms with Gasteiger partial charge in [-0.2, -0.15) is 0 Å². The summed E-state index contributed by atoms with van der Waals surface area (Å²) in [4.78, 5) is 9.41. The van der Waals surface area contributed by atoms with Crippen LogP contribution in [0.5, 0.6) is 0 Å². The van der Waals surface area contributed by atoms with E-state index in [4.69, 9.17) is 11.6 Å². The molecule has 0 radical (unpaired) electrons. The summed E-state index contributed by atoms with van der Waals surface area (Å²) in [5.74, 6) is -0.515. The van der Waals surface area contributed by atoms with Crippen molar-refractivity contribution in [3.05, 3.63) is 20.6 Å². The Labute approximate surface area is 67.7 Å². The summed E-state index contributed by atoms with van der Waals surface area (Å²) >= 11 is 5.30. The fourth-order valence-corrected chi connectivity index (χ4v) is 2.75. The Morgan fingerprint density at radius 3 is 2.45 bits per heavy atom. The molecule has 0 N–H and O–H groups in total. The monoisotopic (exact) mass is 197 g/mol. The van der Waals surface area contributed by atoms with Gasteiger partial charge in [-0.1, -0.05) is 11.6 Å². The lowest BCUT2D eigenvalue weighted by molar-refractivity contribution is -0.504. The number of hydrogen-bond acceptors (Lipinski definition) is 4. The van der Waals surface area contributed by atoms with Crippen LogP contribution in [0.15, 0.2) is 10.4 Å². The number of rotatable bonds is 1. The molecule has 0 fully saturated rings. The van der Waals surface area contributed by atoms with Crippen LogP contribution in [0.4, 0.5) is 0 Å². The van der Waals surface area contributed by atoms with Crippen LogP contribution < -0.4 is 0 Å². The Hall–Kier alpha value is -0.620. The zero-order valence-electron chi connectivity index (χ0n) is 5.23. The van der Waals surface area contributed by atoms with Crippen molar-refractivity contribution in [1.29, 1.82) is 0 Å². The summed E-state index contributed by atoms with van der Waals surface area (Å²) < 4.78 is 21.4. The van der Waals surface area contributed by atoms with Gasteiger partial charge in [-0.05, 0) is 0 Å². The summed E-state index contributed by atoms with van der Waals surface area (Å²) in [6, 6.07) is -1.26. The molecule has 1 unspecified atom stereocenters. The van der Waals surface area contributed by atoms with Crippen molar-refractivity contribution in [3.63, 3.8) is 0 Å². The van der Waals surface area contributed by atoms with E-state index >= 15 is 0 Å². The Morgan fingerprint density at radius 1 is 1.73 bits per heavy atom. The van der Waals surface area contributed by atoms with E-state index in [1.165, 1.54) is 0 Å². The minimum absolute atomic E-state index is 0.213. The Bertz CT molecular complexity index is 319. The van der Waals surface area contributed by atoms with Crippen LogP contribution in [0.2, 0.25) is 0 Å². The zero-order valence-corrected chi connectivity index (χ0v) is 6.80. The van der Waals surface area contributed by atoms with Gasteiger partial charge in [0.2, 0.25) is 0 Å². The van der Waals surface area contributed by atoms with Gasteiger partial charge in [-0.25, -0.2) is 8.42 Å². The average Bonchev–Trinajstić information content (AvgIpc) is 2.05. The molecule has 1 rings (SSSR count). The molecule has 0 aromatic carbocycles. The molecule has 0 saturated heterocycles. The second-order valence-electron chi connectivity index (χ2n) is 2.13. The van der Waals surface area contributed by atoms with E-state index in [1.807, 2.05) is 0 Å². The second-order valence-corrected chi connectivity index (χ2v) is 4.46. The molecule has 0 aromatic heterocycles. The molecule has 11 heavy (non-hydrogen) atoms. The first kappa shape index (κ1) is 8.48. The third-order valence-electron chi connectivity index (χ3n) is 1.26. The van der Waals surface area contributed by atoms with Gasteiger partial charge in [0.15, 0.2) is 9.84 Å². The summed E-state index contributed by atoms with van der Waals surface area (Å²) in [5, 5.41) is 10.6. The van der Waals surface area contributed by atoms with Crippen molar-refractivity contribution in [2.75, 3.05) is 5.75 Å². The van der Waals surface area contributed by atoms with Crippen LogP contribution in [0.3, 0.4) is 0 Å². The largest absolute Gasteiger partial charge is 0.264 e. The Morgan fingerprint density at radius 2 is 2.27 bits per heavy atom. The van der Waals surface area contributed by atoms with Crippen molar-refractivity contribution >= 4 is 21.4 Å². The summed E-state index contributed by atoms with van der Waals surface area (Å²) in [5.41, 5.74) is 0. The van der Waals surface area contributed by atoms with Crippen molar-refractivity contribution in [2.24, 2.45) is 0 Å². The van der Waals surface area contributed by atoms with E-state index in [0.717, 1.165) is 5.41 Å². The van der Waals surface area contributed by atoms with E-state index in [1.54, 1.807) is 0 Å². The molecule has 1 aliphatic heterocycles. The fraction of sp³-hybridized carbons (Fsp3) is 0.500. The van der Waals surface area contributed by atoms with Crippen molar-refractivity contribution in [1.82, 2.24) is 0 Å². The first-order chi connectivity index (χ1) is 4.92. The summed E-state index contributed by atoms with van der Waals surface area (Å²) in [6.07, 6.45) is 0. The number of sulfone groups is 1. The topological polar surface area (TPSA) is 77.3 Å². The minimum Gasteiger partial charge on any atom is -0.264 e. The second kappa shape index (κ2) is 2.46. The van der Waals surface area contributed by atoms with E-state index in [9.17, 15) is 18.5 Å². The number of nitro groups is 1. The summed E-state index contributed by atoms with van der Waals surface area (Å²) in [6.45, 7) is 0. The lowest BCUT2D eigenvalue weighted by Gasteiger charge is -1.97. The van der Waals surface area contributed by atoms with Gasteiger partial charge in [-0.3, -0.25) is 10.1 Å². The number of nitrogens with zero attached hydrogens (tertiary/aromatic N) is 1. The van der Waals surface area contributed by atoms with Gasteiger partial charge >= 0.3 is 0 Å². The average molecular weight is 198 g/mol. The maximum absolute atomic E-state index is 10.7. The van der Waals surface area contributed by atoms with Crippen molar-refractivity contribution in [3.8, 4) is 0 Å². The molecule has 1 atom stereocenters. The number of halogens is 1. The molecule has 0 bridgehead atoms. The minimum atomic E-state index is -3.43. The van der Waals surface area contributed by atoms with Crippen LogP contribution in [0.25, 0.3) is 0 Å². The quantitative estimate of drug-likeness (QED) is 0.443. The van der Waals surface area contributed by atoms with Crippen LogP contribution in [-0.4, -0.2) is 25.1 Å². The zero-order chi connectivity index (χ0) is 8.65. The third-order valence-corrected chi connectivity index (χ3v) is 3.14. The van der Waals surface area contributed by atoms with E-state index in [-0.39, 0.29) is 5.03 Å². The Kier molecular flexibility index (Phi) is 1.89. The fourth-order valence-electron chi connectivity index (χ4n) is 0.759. The first-order valence-electron chi connectivity index (χ1n) is 2.66. The smallest absolute Gasteiger partial charge is 0.263 e. The molecule has 1 aliphatic rings. The maximum Gasteiger partial charge on any atom is 0.263 e. The van der Waals surface area contributed by atoms with Crippen molar-refractivity contribution in [2.45, 2.75) is 6.04 Å². The lowest BCUT2D eigenvalue weighted by Crippen LogP contribution is -2.22. The van der Waals surface area contributed by atoms with Crippen LogP contribution in [-0.2, 0) is 9.84 Å². The first-order valence-corrected chi connectivity index (χ1v) is 4.75. The van der Waals surface area contributed by atoms with Gasteiger partial charge in [0.25, 0.3) is 6.04 Å². The van der Waals surface area contributed by atoms with E-state index < -0.39 is 26.6 Å². The normalized spacial score (nSPS) is 28.1. The lowest BCUT2D eigenvalue weighted by atomic mass is 10.4. The highest BCUT2D eigenvalue weighted by Crippen LogP contribution is 2.22. The van der Waals surface area contributed by atoms with Crippen LogP contribution >= 0.6 is 11.6 Å². The molecule has 1 heterocycles. The Balaban J connectivity index is 2.98. The molecule has 62 valence electrons. The van der Waals surface area contributed by atoms with Gasteiger partial charge in [0.05, 0.1) is 5.41 Å². The molecule has 0 amide bonds. The molecule has 0 spiro atoms. The molecule has 0 aliphatic carbocycles. The van der Waals surface area contributed by atoms with Gasteiger partial charge < -0.3 is 0 Å². The SMILES string of the molecule is O=[N+]([O-])C1CS(=O)(=O)C=C1Cl. The molecule has 0 saturated carbocycles. The standard InChI is InChI=1S/C4H4ClNO4S/c5-3-1-11(9,10)2-4(3)6(7)8/h1,4H,2H2. The van der Waals surface area contributed by atoms with Gasteiger partial charge in [0, 0.05) is 4.92 Å². The predicted octanol–water partition coefficient (Wildman–Crippen LogP) is 0.140. The molecule has 7 heteroatoms. The number of hydrogen-bond donors (Lipinski definition) is 0. The van der Waals surface area contributed by atoms with Crippen LogP contribution in [0.1, 0.15) is 0 Å². The molecule has 5 nitrogen and oxygen atoms in total. The summed E-state index contributed by atoms with van der Waals surface area (Å²) in [7, 11) is -3.43. The van der Waals surface area contributed by atoms with Crippen molar-refractivity contribution < 1.29 is 13.3 Å². The third kappa shape index (κ3) is 1.69. The van der Waals surface area contributed by atoms with E-state index in [0.29, 0.717) is 0 Å². The van der Waals surface area contributed by atoms with Gasteiger partial charge in [0.1, 0.15) is 10.8 Å². The predicted molar refractivity (Wildman–Crippen MR) is 38.5 cm³/mol. The highest BCUT2D eigenvalue weighted by Gasteiger charge is 2.37.